The number of esters is 1. The van der Waals surface area contributed by atoms with Crippen molar-refractivity contribution in [1.82, 2.24) is 0 Å². The number of methoxy groups -OCH3 is 1. The summed E-state index contributed by atoms with van der Waals surface area (Å²) in [6, 6.07) is 3.37. The lowest BCUT2D eigenvalue weighted by molar-refractivity contribution is -0.144. The summed E-state index contributed by atoms with van der Waals surface area (Å²) in [7, 11) is -1.07. The van der Waals surface area contributed by atoms with Crippen molar-refractivity contribution in [2.45, 2.75) is 11.8 Å². The Labute approximate surface area is 117 Å². The molecule has 0 amide bonds. The summed E-state index contributed by atoms with van der Waals surface area (Å²) in [4.78, 5) is 12.5. The smallest absolute Gasteiger partial charge is 0.310 e. The van der Waals surface area contributed by atoms with Gasteiger partial charge in [-0.05, 0) is 18.2 Å². The fraction of sp³-hybridized carbons (Fsp3) is 0.417. The molecule has 1 atom stereocenters. The van der Waals surface area contributed by atoms with E-state index in [1.165, 1.54) is 24.1 Å². The molecule has 1 aromatic rings. The van der Waals surface area contributed by atoms with Gasteiger partial charge in [0.2, 0.25) is 10.0 Å². The molecule has 1 unspecified atom stereocenters. The molecule has 0 bridgehead atoms. The van der Waals surface area contributed by atoms with Crippen LogP contribution in [0.15, 0.2) is 23.1 Å². The predicted molar refractivity (Wildman–Crippen MR) is 72.2 cm³/mol. The molecule has 0 saturated carbocycles. The molecule has 6 nitrogen and oxygen atoms in total. The number of hydrogen-bond acceptors (Lipinski definition) is 5. The first-order valence-corrected chi connectivity index (χ1v) is 7.32. The molecule has 0 saturated heterocycles. The van der Waals surface area contributed by atoms with Crippen LogP contribution in [0.1, 0.15) is 6.92 Å². The highest BCUT2D eigenvalue weighted by atomic mass is 32.2. The minimum absolute atomic E-state index is 0.174. The molecule has 2 N–H and O–H groups in total. The van der Waals surface area contributed by atoms with Crippen molar-refractivity contribution in [2.75, 3.05) is 25.6 Å². The fourth-order valence-corrected chi connectivity index (χ4v) is 2.28. The van der Waals surface area contributed by atoms with Gasteiger partial charge in [0, 0.05) is 13.6 Å². The van der Waals surface area contributed by atoms with Gasteiger partial charge < -0.3 is 9.64 Å². The summed E-state index contributed by atoms with van der Waals surface area (Å²) in [5.74, 6) is -1.57. The van der Waals surface area contributed by atoms with Crippen molar-refractivity contribution in [3.8, 4) is 0 Å². The molecule has 0 heterocycles. The van der Waals surface area contributed by atoms with Crippen LogP contribution in [0.5, 0.6) is 0 Å². The molecular formula is C12H17FN2O4S. The van der Waals surface area contributed by atoms with Gasteiger partial charge in [-0.25, -0.2) is 17.9 Å². The van der Waals surface area contributed by atoms with Crippen LogP contribution in [0.2, 0.25) is 0 Å². The van der Waals surface area contributed by atoms with Crippen LogP contribution >= 0.6 is 0 Å². The van der Waals surface area contributed by atoms with Crippen molar-refractivity contribution in [1.29, 1.82) is 0 Å². The van der Waals surface area contributed by atoms with Crippen molar-refractivity contribution in [3.05, 3.63) is 24.0 Å². The zero-order chi connectivity index (χ0) is 15.5. The summed E-state index contributed by atoms with van der Waals surface area (Å²) >= 11 is 0. The standard InChI is InChI=1S/C12H17FN2O4S/c1-8(12(16)19-3)7-15(2)11-5-4-9(6-10(11)13)20(14,17)18/h4-6,8H,7H2,1-3H3,(H2,14,17,18). The van der Waals surface area contributed by atoms with E-state index in [1.54, 1.807) is 14.0 Å². The Bertz CT molecular complexity index is 603. The number of carbonyl (C=O) groups excluding carboxylic acids is 1. The van der Waals surface area contributed by atoms with E-state index >= 15 is 0 Å². The Morgan fingerprint density at radius 1 is 1.50 bits per heavy atom. The van der Waals surface area contributed by atoms with Crippen LogP contribution in [0.25, 0.3) is 0 Å². The van der Waals surface area contributed by atoms with Gasteiger partial charge in [-0.3, -0.25) is 4.79 Å². The number of ether oxygens (including phenoxy) is 1. The molecule has 0 aliphatic heterocycles. The molecule has 0 aromatic heterocycles. The third-order valence-electron chi connectivity index (χ3n) is 2.81. The maximum atomic E-state index is 13.9. The monoisotopic (exact) mass is 304 g/mol. The highest BCUT2D eigenvalue weighted by Crippen LogP contribution is 2.22. The van der Waals surface area contributed by atoms with Gasteiger partial charge in [0.15, 0.2) is 0 Å². The Morgan fingerprint density at radius 3 is 2.55 bits per heavy atom. The number of hydrogen-bond donors (Lipinski definition) is 1. The highest BCUT2D eigenvalue weighted by molar-refractivity contribution is 7.89. The summed E-state index contributed by atoms with van der Waals surface area (Å²) in [6.07, 6.45) is 0. The second-order valence-electron chi connectivity index (χ2n) is 4.46. The zero-order valence-corrected chi connectivity index (χ0v) is 12.3. The minimum Gasteiger partial charge on any atom is -0.469 e. The number of nitrogens with two attached hydrogens (primary N) is 1. The first-order valence-electron chi connectivity index (χ1n) is 5.78. The lowest BCUT2D eigenvalue weighted by atomic mass is 10.1. The van der Waals surface area contributed by atoms with E-state index in [9.17, 15) is 17.6 Å². The number of sulfonamides is 1. The van der Waals surface area contributed by atoms with Gasteiger partial charge in [-0.1, -0.05) is 6.92 Å². The van der Waals surface area contributed by atoms with Crippen LogP contribution in [0.4, 0.5) is 10.1 Å². The average molecular weight is 304 g/mol. The van der Waals surface area contributed by atoms with Crippen molar-refractivity contribution >= 4 is 21.7 Å². The third-order valence-corrected chi connectivity index (χ3v) is 3.72. The van der Waals surface area contributed by atoms with Crippen LogP contribution < -0.4 is 10.0 Å². The SMILES string of the molecule is COC(=O)C(C)CN(C)c1ccc(S(N)(=O)=O)cc1F. The molecule has 0 spiro atoms. The topological polar surface area (TPSA) is 89.7 Å². The van der Waals surface area contributed by atoms with Crippen LogP contribution in [-0.2, 0) is 19.6 Å². The van der Waals surface area contributed by atoms with E-state index in [-0.39, 0.29) is 17.1 Å². The Hall–Kier alpha value is -1.67. The van der Waals surface area contributed by atoms with Crippen LogP contribution in [0, 0.1) is 11.7 Å². The number of anilines is 1. The minimum atomic E-state index is -3.94. The van der Waals surface area contributed by atoms with Gasteiger partial charge in [0.25, 0.3) is 0 Å². The van der Waals surface area contributed by atoms with Crippen molar-refractivity contribution in [3.63, 3.8) is 0 Å². The van der Waals surface area contributed by atoms with E-state index in [2.05, 4.69) is 4.74 Å². The molecular weight excluding hydrogens is 287 g/mol. The summed E-state index contributed by atoms with van der Waals surface area (Å²) in [5.41, 5.74) is 0.174. The summed E-state index contributed by atoms with van der Waals surface area (Å²) in [5, 5.41) is 4.92. The maximum absolute atomic E-state index is 13.9. The normalized spacial score (nSPS) is 12.8. The van der Waals surface area contributed by atoms with Gasteiger partial charge >= 0.3 is 5.97 Å². The maximum Gasteiger partial charge on any atom is 0.310 e. The number of carbonyl (C=O) groups is 1. The first-order chi connectivity index (χ1) is 9.16. The zero-order valence-electron chi connectivity index (χ0n) is 11.5. The van der Waals surface area contributed by atoms with E-state index in [0.717, 1.165) is 6.07 Å². The predicted octanol–water partition coefficient (Wildman–Crippen LogP) is 0.718. The molecule has 0 aliphatic rings. The number of rotatable bonds is 5. The molecule has 20 heavy (non-hydrogen) atoms. The average Bonchev–Trinajstić information content (AvgIpc) is 2.36. The first kappa shape index (κ1) is 16.4. The molecule has 0 radical (unpaired) electrons. The molecule has 1 rings (SSSR count). The van der Waals surface area contributed by atoms with Crippen LogP contribution in [0.3, 0.4) is 0 Å². The van der Waals surface area contributed by atoms with Gasteiger partial charge in [-0.15, -0.1) is 0 Å². The Balaban J connectivity index is 2.95. The summed E-state index contributed by atoms with van der Waals surface area (Å²) in [6.45, 7) is 1.89. The third kappa shape index (κ3) is 3.91. The van der Waals surface area contributed by atoms with Crippen LogP contribution in [-0.4, -0.2) is 35.1 Å². The molecule has 1 aromatic carbocycles. The second kappa shape index (κ2) is 6.19. The number of primary sulfonamides is 1. The van der Waals surface area contributed by atoms with Gasteiger partial charge in [0.05, 0.1) is 23.6 Å². The number of nitrogens with zero attached hydrogens (tertiary/aromatic N) is 1. The van der Waals surface area contributed by atoms with Gasteiger partial charge in [-0.2, -0.15) is 0 Å². The van der Waals surface area contributed by atoms with E-state index < -0.39 is 27.7 Å². The second-order valence-corrected chi connectivity index (χ2v) is 6.02. The number of halogens is 1. The summed E-state index contributed by atoms with van der Waals surface area (Å²) < 4.78 is 40.7. The lowest BCUT2D eigenvalue weighted by Crippen LogP contribution is -2.29. The highest BCUT2D eigenvalue weighted by Gasteiger charge is 2.19. The largest absolute Gasteiger partial charge is 0.469 e. The lowest BCUT2D eigenvalue weighted by Gasteiger charge is -2.22. The van der Waals surface area contributed by atoms with E-state index in [4.69, 9.17) is 5.14 Å². The van der Waals surface area contributed by atoms with Gasteiger partial charge in [0.1, 0.15) is 5.82 Å². The fourth-order valence-electron chi connectivity index (χ4n) is 1.76. The Morgan fingerprint density at radius 2 is 2.10 bits per heavy atom. The molecule has 0 fully saturated rings. The van der Waals surface area contributed by atoms with Crippen molar-refractivity contribution < 1.29 is 22.3 Å². The number of benzene rings is 1. The van der Waals surface area contributed by atoms with Crippen molar-refractivity contribution in [2.24, 2.45) is 11.1 Å². The van der Waals surface area contributed by atoms with E-state index in [0.29, 0.717) is 0 Å². The molecule has 0 aliphatic carbocycles. The Kier molecular flexibility index (Phi) is 5.07. The van der Waals surface area contributed by atoms with E-state index in [1.807, 2.05) is 0 Å². The molecule has 112 valence electrons. The quantitative estimate of drug-likeness (QED) is 0.810. The molecule has 8 heteroatoms.